The second kappa shape index (κ2) is 12.0. The van der Waals surface area contributed by atoms with E-state index in [-0.39, 0.29) is 42.7 Å². The molecule has 0 aromatic heterocycles. The summed E-state index contributed by atoms with van der Waals surface area (Å²) in [7, 11) is 0. The number of aliphatic carboxylic acids is 2. The summed E-state index contributed by atoms with van der Waals surface area (Å²) in [5.74, 6) is -1.50. The number of aliphatic hydroxyl groups excluding tert-OH is 2. The average molecular weight is 431 g/mol. The molecule has 4 fully saturated rings. The molecule has 4 N–H and O–H groups in total. The molecule has 0 radical (unpaired) electrons. The van der Waals surface area contributed by atoms with Crippen molar-refractivity contribution in [3.63, 3.8) is 0 Å². The Morgan fingerprint density at radius 2 is 1.33 bits per heavy atom. The van der Waals surface area contributed by atoms with Crippen molar-refractivity contribution < 1.29 is 39.5 Å². The van der Waals surface area contributed by atoms with Gasteiger partial charge >= 0.3 is 11.9 Å². The maximum atomic E-state index is 10.5. The maximum absolute atomic E-state index is 10.5. The van der Waals surface area contributed by atoms with Gasteiger partial charge in [0.1, 0.15) is 0 Å². The van der Waals surface area contributed by atoms with Crippen molar-refractivity contribution in [3.8, 4) is 0 Å². The molecule has 0 amide bonds. The number of carbonyl (C=O) groups is 2. The van der Waals surface area contributed by atoms with E-state index in [1.807, 2.05) is 13.8 Å². The lowest BCUT2D eigenvalue weighted by Gasteiger charge is -2.17. The van der Waals surface area contributed by atoms with Gasteiger partial charge in [0, 0.05) is 12.5 Å². The molecule has 2 saturated carbocycles. The highest BCUT2D eigenvalue weighted by atomic mass is 16.6. The first-order valence-electron chi connectivity index (χ1n) is 11.4. The van der Waals surface area contributed by atoms with Crippen LogP contribution in [-0.4, -0.2) is 69.5 Å². The summed E-state index contributed by atoms with van der Waals surface area (Å²) in [5.41, 5.74) is 0. The second-order valence-corrected chi connectivity index (χ2v) is 8.83. The molecule has 0 bridgehead atoms. The molecule has 0 spiro atoms. The number of ether oxygens (including phenoxy) is 2. The Bertz CT molecular complexity index is 511. The number of hydrogen-bond acceptors (Lipinski definition) is 6. The first kappa shape index (κ1) is 25.0. The van der Waals surface area contributed by atoms with Gasteiger partial charge in [0.25, 0.3) is 0 Å². The third-order valence-electron chi connectivity index (χ3n) is 6.59. The largest absolute Gasteiger partial charge is 0.481 e. The van der Waals surface area contributed by atoms with Crippen LogP contribution in [0.25, 0.3) is 0 Å². The van der Waals surface area contributed by atoms with Gasteiger partial charge in [-0.1, -0.05) is 20.3 Å². The van der Waals surface area contributed by atoms with Gasteiger partial charge in [-0.25, -0.2) is 0 Å². The lowest BCUT2D eigenvalue weighted by Crippen LogP contribution is -2.22. The average Bonchev–Trinajstić information content (AvgIpc) is 3.62. The van der Waals surface area contributed by atoms with E-state index in [1.165, 1.54) is 0 Å². The molecule has 30 heavy (non-hydrogen) atoms. The Morgan fingerprint density at radius 1 is 0.867 bits per heavy atom. The van der Waals surface area contributed by atoms with Crippen molar-refractivity contribution in [3.05, 3.63) is 0 Å². The molecule has 8 unspecified atom stereocenters. The molecule has 4 aliphatic rings. The minimum atomic E-state index is -0.658. The van der Waals surface area contributed by atoms with E-state index in [0.717, 1.165) is 57.8 Å². The van der Waals surface area contributed by atoms with Crippen LogP contribution in [0.5, 0.6) is 0 Å². The first-order chi connectivity index (χ1) is 14.3. The molecule has 0 aromatic rings. The number of carboxylic acids is 2. The van der Waals surface area contributed by atoms with Crippen LogP contribution in [0.1, 0.15) is 71.6 Å². The van der Waals surface area contributed by atoms with Gasteiger partial charge in [-0.15, -0.1) is 0 Å². The van der Waals surface area contributed by atoms with Crippen LogP contribution in [0.4, 0.5) is 0 Å². The fraction of sp³-hybridized carbons (Fsp3) is 0.909. The molecule has 2 saturated heterocycles. The van der Waals surface area contributed by atoms with E-state index in [4.69, 9.17) is 24.8 Å². The Balaban J connectivity index is 0.000000160. The zero-order valence-corrected chi connectivity index (χ0v) is 18.1. The smallest absolute Gasteiger partial charge is 0.306 e. The van der Waals surface area contributed by atoms with Crippen molar-refractivity contribution >= 4 is 11.9 Å². The van der Waals surface area contributed by atoms with Crippen LogP contribution < -0.4 is 0 Å². The lowest BCUT2D eigenvalue weighted by atomic mass is 9.90. The predicted molar refractivity (Wildman–Crippen MR) is 109 cm³/mol. The minimum Gasteiger partial charge on any atom is -0.481 e. The number of fused-ring (bicyclic) bond motifs is 2. The molecule has 0 aromatic carbocycles. The van der Waals surface area contributed by atoms with Crippen LogP contribution >= 0.6 is 0 Å². The number of rotatable bonds is 7. The van der Waals surface area contributed by atoms with E-state index < -0.39 is 11.9 Å². The number of carboxylic acid groups (broad SMARTS) is 2. The Morgan fingerprint density at radius 3 is 1.63 bits per heavy atom. The van der Waals surface area contributed by atoms with Gasteiger partial charge in [0.05, 0.1) is 42.4 Å². The number of hydrogen-bond donors (Lipinski definition) is 4. The quantitative estimate of drug-likeness (QED) is 0.452. The van der Waals surface area contributed by atoms with Crippen LogP contribution in [0.2, 0.25) is 0 Å². The van der Waals surface area contributed by atoms with Crippen molar-refractivity contribution in [2.75, 3.05) is 6.61 Å². The van der Waals surface area contributed by atoms with Crippen molar-refractivity contribution in [1.29, 1.82) is 0 Å². The highest BCUT2D eigenvalue weighted by molar-refractivity contribution is 5.70. The first-order valence-corrected chi connectivity index (χ1v) is 11.4. The predicted octanol–water partition coefficient (Wildman–Crippen LogP) is 2.44. The van der Waals surface area contributed by atoms with E-state index in [0.29, 0.717) is 12.2 Å². The summed E-state index contributed by atoms with van der Waals surface area (Å²) in [6.07, 6.45) is 8.71. The topological polar surface area (TPSA) is 140 Å². The molecule has 8 heteroatoms. The molecule has 174 valence electrons. The Labute approximate surface area is 178 Å². The fourth-order valence-corrected chi connectivity index (χ4v) is 4.31. The highest BCUT2D eigenvalue weighted by Crippen LogP contribution is 2.40. The second-order valence-electron chi connectivity index (χ2n) is 8.83. The summed E-state index contributed by atoms with van der Waals surface area (Å²) >= 11 is 0. The maximum Gasteiger partial charge on any atom is 0.306 e. The summed E-state index contributed by atoms with van der Waals surface area (Å²) in [4.78, 5) is 20.9. The SMILES string of the molecule is CCCC(O)C(CC)CO.O=C(O)C1CCC2OC2C1.O=C(O)C1CCC2OC2C1. The zero-order chi connectivity index (χ0) is 22.3. The van der Waals surface area contributed by atoms with E-state index in [9.17, 15) is 14.7 Å². The van der Waals surface area contributed by atoms with E-state index >= 15 is 0 Å². The highest BCUT2D eigenvalue weighted by Gasteiger charge is 2.46. The van der Waals surface area contributed by atoms with Crippen LogP contribution in [0, 0.1) is 17.8 Å². The zero-order valence-electron chi connectivity index (χ0n) is 18.1. The van der Waals surface area contributed by atoms with Crippen LogP contribution in [0.3, 0.4) is 0 Å². The van der Waals surface area contributed by atoms with Crippen molar-refractivity contribution in [2.45, 2.75) is 102 Å². The molecule has 8 atom stereocenters. The molecule has 4 rings (SSSR count). The van der Waals surface area contributed by atoms with Gasteiger partial charge in [-0.2, -0.15) is 0 Å². The van der Waals surface area contributed by atoms with Gasteiger partial charge in [0.2, 0.25) is 0 Å². The summed E-state index contributed by atoms with van der Waals surface area (Å²) in [5, 5.41) is 35.3. The van der Waals surface area contributed by atoms with Gasteiger partial charge < -0.3 is 29.9 Å². The normalized spacial score (nSPS) is 35.1. The van der Waals surface area contributed by atoms with Crippen LogP contribution in [-0.2, 0) is 19.1 Å². The monoisotopic (exact) mass is 430 g/mol. The third-order valence-corrected chi connectivity index (χ3v) is 6.59. The standard InChI is InChI=1S/C8H18O2.2C7H10O3/c1-3-5-8(10)7(4-2)6-9;2*8-7(9)4-1-2-5-6(3-4)10-5/h7-10H,3-6H2,1-2H3;2*4-6H,1-3H2,(H,8,9). The minimum absolute atomic E-state index is 0.0833. The van der Waals surface area contributed by atoms with Gasteiger partial charge in [0.15, 0.2) is 0 Å². The van der Waals surface area contributed by atoms with Crippen molar-refractivity contribution in [1.82, 2.24) is 0 Å². The van der Waals surface area contributed by atoms with Crippen LogP contribution in [0.15, 0.2) is 0 Å². The van der Waals surface area contributed by atoms with Crippen molar-refractivity contribution in [2.24, 2.45) is 17.8 Å². The Hall–Kier alpha value is -1.22. The van der Waals surface area contributed by atoms with Gasteiger partial charge in [-0.05, 0) is 51.4 Å². The lowest BCUT2D eigenvalue weighted by molar-refractivity contribution is -0.143. The number of aliphatic hydroxyl groups is 2. The molecular formula is C22H38O8. The molecule has 2 aliphatic heterocycles. The summed E-state index contributed by atoms with van der Waals surface area (Å²) < 4.78 is 10.4. The summed E-state index contributed by atoms with van der Waals surface area (Å²) in [6, 6.07) is 0. The fourth-order valence-electron chi connectivity index (χ4n) is 4.31. The summed E-state index contributed by atoms with van der Waals surface area (Å²) in [6.45, 7) is 4.13. The molecule has 2 heterocycles. The third kappa shape index (κ3) is 7.80. The van der Waals surface area contributed by atoms with E-state index in [1.54, 1.807) is 0 Å². The molecule has 2 aliphatic carbocycles. The van der Waals surface area contributed by atoms with Gasteiger partial charge in [-0.3, -0.25) is 9.59 Å². The Kier molecular flexibility index (Phi) is 10.0. The molecular weight excluding hydrogens is 392 g/mol. The molecule has 8 nitrogen and oxygen atoms in total. The number of epoxide rings is 2. The van der Waals surface area contributed by atoms with E-state index in [2.05, 4.69) is 0 Å².